The second kappa shape index (κ2) is 11.2. The minimum Gasteiger partial charge on any atom is -0.0622 e. The normalized spacial score (nSPS) is 12.1. The van der Waals surface area contributed by atoms with Crippen molar-refractivity contribution in [2.45, 2.75) is 0 Å². The smallest absolute Gasteiger partial charge is 0.000741 e. The maximum Gasteiger partial charge on any atom is -0.000741 e. The van der Waals surface area contributed by atoms with Gasteiger partial charge in [-0.05, 0) is 127 Å². The molecule has 0 unspecified atom stereocenters. The van der Waals surface area contributed by atoms with Gasteiger partial charge in [-0.3, -0.25) is 0 Å². The van der Waals surface area contributed by atoms with Crippen molar-refractivity contribution in [2.24, 2.45) is 0 Å². The van der Waals surface area contributed by atoms with Crippen molar-refractivity contribution in [3.05, 3.63) is 194 Å². The maximum atomic E-state index is 2.44. The van der Waals surface area contributed by atoms with Crippen molar-refractivity contribution >= 4 is 53.9 Å². The molecule has 54 heavy (non-hydrogen) atoms. The molecule has 248 valence electrons. The molecule has 0 saturated heterocycles. The quantitative estimate of drug-likeness (QED) is 0.162. The Labute approximate surface area is 313 Å². The van der Waals surface area contributed by atoms with Crippen LogP contribution in [0.1, 0.15) is 0 Å². The van der Waals surface area contributed by atoms with E-state index in [0.29, 0.717) is 0 Å². The summed E-state index contributed by atoms with van der Waals surface area (Å²) in [6.45, 7) is 0. The number of rotatable bonds is 4. The summed E-state index contributed by atoms with van der Waals surface area (Å²) in [4.78, 5) is 0. The molecule has 0 nitrogen and oxygen atoms in total. The Morgan fingerprint density at radius 3 is 1.33 bits per heavy atom. The molecule has 0 atom stereocenters. The summed E-state index contributed by atoms with van der Waals surface area (Å²) in [6, 6.07) is 72.2. The zero-order valence-electron chi connectivity index (χ0n) is 29.5. The summed E-state index contributed by atoms with van der Waals surface area (Å²) in [7, 11) is 0. The van der Waals surface area contributed by atoms with Gasteiger partial charge in [0.25, 0.3) is 0 Å². The number of hydrogen-bond acceptors (Lipinski definition) is 0. The predicted octanol–water partition coefficient (Wildman–Crippen LogP) is 15.2. The van der Waals surface area contributed by atoms with Crippen molar-refractivity contribution in [1.29, 1.82) is 0 Å². The predicted molar refractivity (Wildman–Crippen MR) is 231 cm³/mol. The van der Waals surface area contributed by atoms with Gasteiger partial charge < -0.3 is 0 Å². The first kappa shape index (κ1) is 29.5. The van der Waals surface area contributed by atoms with E-state index < -0.39 is 0 Å². The maximum absolute atomic E-state index is 2.44. The van der Waals surface area contributed by atoms with Gasteiger partial charge >= 0.3 is 0 Å². The van der Waals surface area contributed by atoms with Gasteiger partial charge in [-0.15, -0.1) is 0 Å². The molecule has 0 aliphatic heterocycles. The molecule has 0 heterocycles. The Hall–Kier alpha value is -7.02. The SMILES string of the molecule is c1ccc(-c2c3c(c(-c4ccccc4)c4cc(-c5ccc(-c6ccc7ccc8cccc9ccc6c7c89)cc5)ccc24)-c2cccc4cccc-3c24)cc1. The Bertz CT molecular complexity index is 3260. The van der Waals surface area contributed by atoms with E-state index in [1.54, 1.807) is 0 Å². The van der Waals surface area contributed by atoms with Crippen LogP contribution in [-0.4, -0.2) is 0 Å². The lowest BCUT2D eigenvalue weighted by Gasteiger charge is -2.21. The second-order valence-corrected chi connectivity index (χ2v) is 14.7. The zero-order valence-corrected chi connectivity index (χ0v) is 29.5. The van der Waals surface area contributed by atoms with E-state index in [2.05, 4.69) is 194 Å². The lowest BCUT2D eigenvalue weighted by Crippen LogP contribution is -1.94. The van der Waals surface area contributed by atoms with Crippen LogP contribution in [0.3, 0.4) is 0 Å². The fraction of sp³-hybridized carbons (Fsp3) is 0. The lowest BCUT2D eigenvalue weighted by atomic mass is 9.81. The molecule has 0 amide bonds. The first-order chi connectivity index (χ1) is 26.8. The molecular formula is C54H32. The van der Waals surface area contributed by atoms with Crippen LogP contribution in [0.2, 0.25) is 0 Å². The summed E-state index contributed by atoms with van der Waals surface area (Å²) in [5, 5.41) is 13.1. The molecule has 0 saturated carbocycles. The van der Waals surface area contributed by atoms with E-state index in [-0.39, 0.29) is 0 Å². The molecule has 0 radical (unpaired) electrons. The highest BCUT2D eigenvalue weighted by Gasteiger charge is 2.30. The van der Waals surface area contributed by atoms with Crippen LogP contribution in [-0.2, 0) is 0 Å². The molecular weight excluding hydrogens is 649 g/mol. The van der Waals surface area contributed by atoms with Crippen LogP contribution in [0.5, 0.6) is 0 Å². The summed E-state index contributed by atoms with van der Waals surface area (Å²) < 4.78 is 0. The highest BCUT2D eigenvalue weighted by molar-refractivity contribution is 6.28. The Morgan fingerprint density at radius 1 is 0.204 bits per heavy atom. The zero-order chi connectivity index (χ0) is 35.3. The van der Waals surface area contributed by atoms with Crippen LogP contribution >= 0.6 is 0 Å². The van der Waals surface area contributed by atoms with Gasteiger partial charge in [-0.1, -0.05) is 188 Å². The van der Waals surface area contributed by atoms with Crippen molar-refractivity contribution < 1.29 is 0 Å². The van der Waals surface area contributed by atoms with Crippen molar-refractivity contribution in [1.82, 2.24) is 0 Å². The van der Waals surface area contributed by atoms with E-state index in [4.69, 9.17) is 0 Å². The third-order valence-electron chi connectivity index (χ3n) is 11.9. The fourth-order valence-corrected chi connectivity index (χ4v) is 9.60. The molecule has 0 N–H and O–H groups in total. The van der Waals surface area contributed by atoms with Crippen molar-refractivity contribution in [3.63, 3.8) is 0 Å². The van der Waals surface area contributed by atoms with Gasteiger partial charge in [0.15, 0.2) is 0 Å². The Morgan fingerprint density at radius 2 is 0.685 bits per heavy atom. The first-order valence-electron chi connectivity index (χ1n) is 18.8. The molecule has 1 aliphatic carbocycles. The fourth-order valence-electron chi connectivity index (χ4n) is 9.60. The van der Waals surface area contributed by atoms with E-state index in [0.717, 1.165) is 0 Å². The third-order valence-corrected chi connectivity index (χ3v) is 11.9. The highest BCUT2D eigenvalue weighted by Crippen LogP contribution is 2.58. The molecule has 12 rings (SSSR count). The van der Waals surface area contributed by atoms with Crippen molar-refractivity contribution in [2.75, 3.05) is 0 Å². The van der Waals surface area contributed by atoms with Gasteiger partial charge in [-0.25, -0.2) is 0 Å². The topological polar surface area (TPSA) is 0 Å². The highest BCUT2D eigenvalue weighted by atomic mass is 14.3. The lowest BCUT2D eigenvalue weighted by molar-refractivity contribution is 1.60. The standard InChI is InChI=1S/C54H32/c1-3-10-36(11-4-1)51-44-31-28-41(32-47(44)52(37-12-5-2-6-13-37)54-46-19-9-17-35-16-8-18-45(49(35)46)53(51)54)33-20-22-34(23-21-33)42-29-26-40-25-24-38-14-7-15-39-27-30-43(42)50(40)48(38)39/h1-32H. The number of hydrogen-bond donors (Lipinski definition) is 0. The molecule has 0 heteroatoms. The monoisotopic (exact) mass is 680 g/mol. The number of benzene rings is 11. The summed E-state index contributed by atoms with van der Waals surface area (Å²) in [6.07, 6.45) is 0. The summed E-state index contributed by atoms with van der Waals surface area (Å²) >= 11 is 0. The minimum absolute atomic E-state index is 1.21. The molecule has 11 aromatic rings. The van der Waals surface area contributed by atoms with Gasteiger partial charge in [0, 0.05) is 0 Å². The van der Waals surface area contributed by atoms with Gasteiger partial charge in [0.1, 0.15) is 0 Å². The Kier molecular flexibility index (Phi) is 6.15. The molecule has 0 bridgehead atoms. The summed E-state index contributed by atoms with van der Waals surface area (Å²) in [5.74, 6) is 0. The van der Waals surface area contributed by atoms with E-state index >= 15 is 0 Å². The Balaban J connectivity index is 1.09. The molecule has 0 fully saturated rings. The van der Waals surface area contributed by atoms with Gasteiger partial charge in [0.05, 0.1) is 0 Å². The molecule has 11 aromatic carbocycles. The van der Waals surface area contributed by atoms with Crippen LogP contribution in [0, 0.1) is 0 Å². The molecule has 0 aromatic heterocycles. The molecule has 0 spiro atoms. The van der Waals surface area contributed by atoms with Gasteiger partial charge in [0.2, 0.25) is 0 Å². The largest absolute Gasteiger partial charge is 0.0622 e. The van der Waals surface area contributed by atoms with Crippen LogP contribution in [0.4, 0.5) is 0 Å². The van der Waals surface area contributed by atoms with Crippen molar-refractivity contribution in [3.8, 4) is 66.8 Å². The number of fused-ring (bicyclic) bond motifs is 4. The average molecular weight is 681 g/mol. The van der Waals surface area contributed by atoms with E-state index in [1.165, 1.54) is 121 Å². The first-order valence-corrected chi connectivity index (χ1v) is 18.8. The van der Waals surface area contributed by atoms with E-state index in [1.807, 2.05) is 0 Å². The minimum atomic E-state index is 1.21. The van der Waals surface area contributed by atoms with Crippen LogP contribution in [0.15, 0.2) is 194 Å². The molecule has 1 aliphatic rings. The van der Waals surface area contributed by atoms with E-state index in [9.17, 15) is 0 Å². The van der Waals surface area contributed by atoms with Crippen LogP contribution in [0.25, 0.3) is 121 Å². The van der Waals surface area contributed by atoms with Gasteiger partial charge in [-0.2, -0.15) is 0 Å². The average Bonchev–Trinajstić information content (AvgIpc) is 3.57. The summed E-state index contributed by atoms with van der Waals surface area (Å²) in [5.41, 5.74) is 15.3. The second-order valence-electron chi connectivity index (χ2n) is 14.7. The van der Waals surface area contributed by atoms with Crippen LogP contribution < -0.4 is 0 Å². The third kappa shape index (κ3) is 4.14.